The number of nitrogens with one attached hydrogen (secondary N) is 8. The summed E-state index contributed by atoms with van der Waals surface area (Å²) in [5, 5.41) is 24.0. The van der Waals surface area contributed by atoms with E-state index >= 15 is 0 Å². The normalized spacial score (nSPS) is 11.2. The number of unbranched alkanes of at least 4 members (excludes halogenated alkanes) is 2. The second-order valence-corrected chi connectivity index (χ2v) is 26.5. The first kappa shape index (κ1) is 88.4. The number of anilines is 2. The van der Waals surface area contributed by atoms with Crippen molar-refractivity contribution in [2.45, 2.75) is 164 Å². The van der Waals surface area contributed by atoms with Gasteiger partial charge in [-0.05, 0) is 155 Å². The summed E-state index contributed by atoms with van der Waals surface area (Å²) >= 11 is 0. The van der Waals surface area contributed by atoms with Gasteiger partial charge in [-0.3, -0.25) is 48.4 Å². The molecule has 2 aromatic heterocycles. The van der Waals surface area contributed by atoms with Crippen molar-refractivity contribution in [3.05, 3.63) is 211 Å². The number of benzene rings is 5. The fourth-order valence-electron chi connectivity index (χ4n) is 11.0. The predicted octanol–water partition coefficient (Wildman–Crippen LogP) is 13.2. The molecule has 0 fully saturated rings. The van der Waals surface area contributed by atoms with Crippen molar-refractivity contribution in [2.24, 2.45) is 11.8 Å². The molecule has 0 aliphatic heterocycles. The molecule has 7 rings (SSSR count). The van der Waals surface area contributed by atoms with E-state index in [2.05, 4.69) is 85.0 Å². The number of rotatable bonds is 37. The Kier molecular flexibility index (Phi) is 34.7. The lowest BCUT2D eigenvalue weighted by molar-refractivity contribution is -0.139. The van der Waals surface area contributed by atoms with Crippen molar-refractivity contribution in [3.63, 3.8) is 0 Å². The van der Waals surface area contributed by atoms with E-state index in [0.29, 0.717) is 56.4 Å². The fourth-order valence-corrected chi connectivity index (χ4v) is 11.0. The number of nitrogens with zero attached hydrogens (tertiary/aromatic N) is 4. The fraction of sp³-hybridized carbons (Fsp3) is 0.392. The maximum Gasteiger partial charge on any atom is 0.416 e. The number of halogens is 6. The van der Waals surface area contributed by atoms with Gasteiger partial charge in [-0.25, -0.2) is 40.5 Å². The van der Waals surface area contributed by atoms with Crippen LogP contribution in [0.5, 0.6) is 0 Å². The molecule has 0 aliphatic carbocycles. The summed E-state index contributed by atoms with van der Waals surface area (Å²) in [6, 6.07) is 28.2. The zero-order chi connectivity index (χ0) is 81.4. The van der Waals surface area contributed by atoms with Crippen LogP contribution in [-0.4, -0.2) is 111 Å². The predicted molar refractivity (Wildman–Crippen MR) is 397 cm³/mol. The average molecular weight is 1550 g/mol. The van der Waals surface area contributed by atoms with Gasteiger partial charge < -0.3 is 41.4 Å². The third kappa shape index (κ3) is 30.1. The van der Waals surface area contributed by atoms with E-state index in [1.165, 1.54) is 38.1 Å². The van der Waals surface area contributed by atoms with Crippen molar-refractivity contribution in [1.82, 2.24) is 52.2 Å². The number of alkyl halides is 6. The molecule has 32 heteroatoms. The van der Waals surface area contributed by atoms with Gasteiger partial charge in [-0.1, -0.05) is 94.4 Å². The maximum absolute atomic E-state index is 14.0. The zero-order valence-corrected chi connectivity index (χ0v) is 62.9. The number of carbonyl (C=O) groups excluding carboxylic acids is 10. The summed E-state index contributed by atoms with van der Waals surface area (Å²) < 4.78 is 93.1. The Morgan fingerprint density at radius 1 is 0.468 bits per heavy atom. The number of aryl methyl sites for hydroxylation is 4. The monoisotopic (exact) mass is 1550 g/mol. The van der Waals surface area contributed by atoms with Crippen LogP contribution in [-0.2, 0) is 81.6 Å². The first-order chi connectivity index (χ1) is 52.7. The van der Waals surface area contributed by atoms with E-state index in [1.54, 1.807) is 55.7 Å². The number of hydrogen-bond acceptors (Lipinski definition) is 18. The smallest absolute Gasteiger partial charge is 0.416 e. The van der Waals surface area contributed by atoms with E-state index in [0.717, 1.165) is 47.7 Å². The molecule has 7 aromatic rings. The second kappa shape index (κ2) is 43.6. The summed E-state index contributed by atoms with van der Waals surface area (Å²) in [7, 11) is 0. The summed E-state index contributed by atoms with van der Waals surface area (Å²) in [5.41, 5.74) is 4.03. The molecule has 594 valence electrons. The standard InChI is InChI=1S/C43H49F3N6O7.C36H43F3N6O7/c1-5-58-42(57)48-25-32-18-17-31(22-36(32)43(44,45)46)37(53)23-33-24-38(50-28(4)49-33)51-41(56)35-21-29(15-14-27(2)3)16-19-34(35)40(55)47-20-10-9-13-39(54)52-59-26-30-11-7-6-8-12-30;1-5-52-35(50)41-20-25-13-12-24(17-29(25)36(37,38)39)30(46)18-26-19-31(43-22(4)42-26)44-34(49)28-16-23(10-9-21(2)3)11-14-27(28)33(48)40-15-7-6-8-32(47)45-51/h6-8,11-12,16-19,21-22,24,27H,5,9-10,13-15,20,23,25-26H2,1-4H3,(H,47,55)(H,48,57)(H,52,54)(H,49,50,51,56);11-14,16-17,19,21,51H,5-10,15,18,20H2,1-4H3,(H,40,48)(H,41,50)(H,45,47)(H,42,43,44,49). The third-order valence-corrected chi connectivity index (χ3v) is 16.6. The summed E-state index contributed by atoms with van der Waals surface area (Å²) in [5.74, 6) is -3.33. The Morgan fingerprint density at radius 3 is 1.29 bits per heavy atom. The van der Waals surface area contributed by atoms with Gasteiger partial charge in [0, 0.05) is 62.3 Å². The summed E-state index contributed by atoms with van der Waals surface area (Å²) in [4.78, 5) is 149. The van der Waals surface area contributed by atoms with Crippen molar-refractivity contribution < 1.29 is 93.8 Å². The van der Waals surface area contributed by atoms with Crippen LogP contribution in [0.3, 0.4) is 0 Å². The number of ether oxygens (including phenoxy) is 2. The molecular formula is C79H92F6N12O14. The number of hydroxylamine groups is 2. The largest absolute Gasteiger partial charge is 0.450 e. The van der Waals surface area contributed by atoms with E-state index in [4.69, 9.17) is 19.5 Å². The molecule has 26 nitrogen and oxygen atoms in total. The van der Waals surface area contributed by atoms with Gasteiger partial charge in [0.05, 0.1) is 77.4 Å². The highest BCUT2D eigenvalue weighted by Gasteiger charge is 2.36. The van der Waals surface area contributed by atoms with Crippen LogP contribution in [0.25, 0.3) is 0 Å². The first-order valence-electron chi connectivity index (χ1n) is 36.0. The number of amides is 8. The molecule has 0 radical (unpaired) electrons. The van der Waals surface area contributed by atoms with E-state index in [9.17, 15) is 74.3 Å². The van der Waals surface area contributed by atoms with Gasteiger partial charge in [-0.15, -0.1) is 0 Å². The lowest BCUT2D eigenvalue weighted by atomic mass is 9.97. The van der Waals surface area contributed by atoms with E-state index in [1.807, 2.05) is 30.3 Å². The molecule has 0 atom stereocenters. The number of carbonyl (C=O) groups is 10. The molecule has 0 bridgehead atoms. The second-order valence-electron chi connectivity index (χ2n) is 26.5. The van der Waals surface area contributed by atoms with E-state index in [-0.39, 0.29) is 131 Å². The van der Waals surface area contributed by atoms with Crippen LogP contribution in [0.2, 0.25) is 0 Å². The molecule has 0 saturated carbocycles. The number of ketones is 2. The van der Waals surface area contributed by atoms with Crippen LogP contribution in [0, 0.1) is 25.7 Å². The van der Waals surface area contributed by atoms with Crippen LogP contribution in [0.4, 0.5) is 47.6 Å². The van der Waals surface area contributed by atoms with Crippen molar-refractivity contribution in [3.8, 4) is 0 Å². The Morgan fingerprint density at radius 2 is 0.892 bits per heavy atom. The van der Waals surface area contributed by atoms with Gasteiger partial charge in [0.25, 0.3) is 23.6 Å². The third-order valence-electron chi connectivity index (χ3n) is 16.6. The van der Waals surface area contributed by atoms with Gasteiger partial charge >= 0.3 is 24.5 Å². The number of aromatic nitrogens is 4. The molecule has 111 heavy (non-hydrogen) atoms. The quantitative estimate of drug-likeness (QED) is 0.00574. The molecule has 0 saturated heterocycles. The molecule has 8 amide bonds. The SMILES string of the molecule is CCOC(=O)NCc1ccc(C(=O)Cc2cc(NC(=O)c3cc(CCC(C)C)ccc3C(=O)NCCCCC(=O)NO)nc(C)n2)cc1C(F)(F)F.CCOC(=O)NCc1ccc(C(=O)Cc2cc(NC(=O)c3cc(CCC(C)C)ccc3C(=O)NCCCCC(=O)NOCc3ccccc3)nc(C)n2)cc1C(F)(F)F. The van der Waals surface area contributed by atoms with Crippen molar-refractivity contribution >= 4 is 70.8 Å². The minimum Gasteiger partial charge on any atom is -0.450 e. The topological polar surface area (TPSA) is 366 Å². The van der Waals surface area contributed by atoms with Gasteiger partial charge in [0.1, 0.15) is 23.3 Å². The van der Waals surface area contributed by atoms with Crippen molar-refractivity contribution in [2.75, 3.05) is 36.9 Å². The lowest BCUT2D eigenvalue weighted by Crippen LogP contribution is -2.28. The van der Waals surface area contributed by atoms with Gasteiger partial charge in [0.2, 0.25) is 11.8 Å². The molecule has 0 spiro atoms. The molecule has 2 heterocycles. The average Bonchev–Trinajstić information content (AvgIpc) is 0.821. The van der Waals surface area contributed by atoms with Crippen LogP contribution >= 0.6 is 0 Å². The Balaban J connectivity index is 0.000000349. The first-order valence-corrected chi connectivity index (χ1v) is 36.0. The highest BCUT2D eigenvalue weighted by atomic mass is 19.4. The number of alkyl carbamates (subject to hydrolysis) is 2. The lowest BCUT2D eigenvalue weighted by Gasteiger charge is -2.15. The van der Waals surface area contributed by atoms with Crippen LogP contribution in [0.15, 0.2) is 115 Å². The number of Topliss-reactive ketones (excluding diaryl/α,β-unsaturated/α-hetero) is 2. The Labute approximate surface area is 638 Å². The summed E-state index contributed by atoms with van der Waals surface area (Å²) in [6.07, 6.45) is -7.12. The van der Waals surface area contributed by atoms with Gasteiger partial charge in [-0.2, -0.15) is 26.3 Å². The zero-order valence-electron chi connectivity index (χ0n) is 62.9. The Hall–Kier alpha value is -11.5. The molecule has 0 aliphatic rings. The van der Waals surface area contributed by atoms with Crippen molar-refractivity contribution in [1.29, 1.82) is 0 Å². The molecule has 9 N–H and O–H groups in total. The van der Waals surface area contributed by atoms with Crippen LogP contribution < -0.4 is 42.9 Å². The summed E-state index contributed by atoms with van der Waals surface area (Å²) in [6.45, 7) is 14.3. The molecule has 0 unspecified atom stereocenters. The van der Waals surface area contributed by atoms with Gasteiger partial charge in [0.15, 0.2) is 11.6 Å². The minimum atomic E-state index is -4.82. The molecule has 5 aromatic carbocycles. The highest BCUT2D eigenvalue weighted by molar-refractivity contribution is 6.13. The van der Waals surface area contributed by atoms with Crippen LogP contribution in [0.1, 0.15) is 217 Å². The Bertz CT molecular complexity index is 4410. The molecular weight excluding hydrogens is 1450 g/mol. The highest BCUT2D eigenvalue weighted by Crippen LogP contribution is 2.35. The number of hydrogen-bond donors (Lipinski definition) is 9. The van der Waals surface area contributed by atoms with E-state index < -0.39 is 103 Å². The minimum absolute atomic E-state index is 0.0118. The maximum atomic E-state index is 14.0.